The maximum absolute atomic E-state index is 5.59. The average molecular weight is 185 g/mol. The minimum atomic E-state index is 0.341. The normalized spacial score (nSPS) is 10.5. The van der Waals surface area contributed by atoms with Crippen molar-refractivity contribution < 1.29 is 4.74 Å². The lowest BCUT2D eigenvalue weighted by molar-refractivity contribution is 0.346. The summed E-state index contributed by atoms with van der Waals surface area (Å²) in [6, 6.07) is 0. The predicted molar refractivity (Wildman–Crippen MR) is 47.4 cm³/mol. The Morgan fingerprint density at radius 1 is 1.58 bits per heavy atom. The fraction of sp³-hybridized carbons (Fsp3) is 0.250. The molecule has 0 atom stereocenters. The summed E-state index contributed by atoms with van der Waals surface area (Å²) < 4.78 is 5.18. The van der Waals surface area contributed by atoms with Gasteiger partial charge in [-0.1, -0.05) is 23.8 Å². The van der Waals surface area contributed by atoms with Crippen LogP contribution in [0.4, 0.5) is 0 Å². The minimum absolute atomic E-state index is 0.341. The molecule has 0 saturated heterocycles. The van der Waals surface area contributed by atoms with Crippen molar-refractivity contribution in [1.82, 2.24) is 9.97 Å². The van der Waals surface area contributed by atoms with Crippen LogP contribution in [0.25, 0.3) is 0 Å². The van der Waals surface area contributed by atoms with Crippen LogP contribution in [-0.2, 0) is 0 Å². The van der Waals surface area contributed by atoms with Crippen LogP contribution in [0.3, 0.4) is 0 Å². The van der Waals surface area contributed by atoms with Gasteiger partial charge >= 0.3 is 0 Å². The van der Waals surface area contributed by atoms with E-state index in [0.717, 1.165) is 0 Å². The molecule has 0 bridgehead atoms. The molecule has 0 fully saturated rings. The van der Waals surface area contributed by atoms with E-state index in [4.69, 9.17) is 16.3 Å². The molecule has 0 N–H and O–H groups in total. The molecule has 64 valence electrons. The molecular weight excluding hydrogens is 176 g/mol. The number of hydrogen-bond acceptors (Lipinski definition) is 3. The molecule has 0 aromatic carbocycles. The van der Waals surface area contributed by atoms with Gasteiger partial charge in [0.15, 0.2) is 5.15 Å². The molecule has 3 nitrogen and oxygen atoms in total. The Labute approximate surface area is 76.1 Å². The fourth-order valence-corrected chi connectivity index (χ4v) is 0.764. The second kappa shape index (κ2) is 4.72. The van der Waals surface area contributed by atoms with Crippen LogP contribution >= 0.6 is 11.6 Å². The van der Waals surface area contributed by atoms with Gasteiger partial charge in [-0.05, 0) is 6.92 Å². The van der Waals surface area contributed by atoms with Crippen LogP contribution in [0, 0.1) is 0 Å². The Morgan fingerprint density at radius 3 is 3.08 bits per heavy atom. The third kappa shape index (κ3) is 2.88. The van der Waals surface area contributed by atoms with E-state index >= 15 is 0 Å². The standard InChI is InChI=1S/C8H9ClN2O/c1-2-3-4-12-8-6-10-5-7(9)11-8/h2-3,5-6H,4H2,1H3. The molecule has 0 saturated carbocycles. The van der Waals surface area contributed by atoms with E-state index in [-0.39, 0.29) is 0 Å². The summed E-state index contributed by atoms with van der Waals surface area (Å²) in [5.41, 5.74) is 0. The van der Waals surface area contributed by atoms with Crippen LogP contribution < -0.4 is 4.74 Å². The van der Waals surface area contributed by atoms with Crippen molar-refractivity contribution in [3.05, 3.63) is 29.7 Å². The molecule has 0 aliphatic carbocycles. The lowest BCUT2D eigenvalue weighted by atomic mass is 10.5. The third-order valence-corrected chi connectivity index (χ3v) is 1.33. The molecule has 4 heteroatoms. The van der Waals surface area contributed by atoms with Crippen molar-refractivity contribution in [2.24, 2.45) is 0 Å². The topological polar surface area (TPSA) is 35.0 Å². The number of nitrogens with zero attached hydrogens (tertiary/aromatic N) is 2. The van der Waals surface area contributed by atoms with E-state index in [9.17, 15) is 0 Å². The van der Waals surface area contributed by atoms with Crippen LogP contribution in [0.2, 0.25) is 5.15 Å². The molecule has 1 aromatic heterocycles. The van der Waals surface area contributed by atoms with Crippen molar-refractivity contribution in [3.63, 3.8) is 0 Å². The van der Waals surface area contributed by atoms with Gasteiger partial charge in [0.05, 0.1) is 12.4 Å². The monoisotopic (exact) mass is 184 g/mol. The van der Waals surface area contributed by atoms with E-state index in [0.29, 0.717) is 17.6 Å². The van der Waals surface area contributed by atoms with Gasteiger partial charge in [0, 0.05) is 0 Å². The Balaban J connectivity index is 2.52. The number of rotatable bonds is 3. The highest BCUT2D eigenvalue weighted by atomic mass is 35.5. The maximum atomic E-state index is 5.59. The average Bonchev–Trinajstić information content (AvgIpc) is 2.05. The first-order valence-corrected chi connectivity index (χ1v) is 3.92. The number of aromatic nitrogens is 2. The Bertz CT molecular complexity index is 276. The van der Waals surface area contributed by atoms with Crippen LogP contribution in [0.1, 0.15) is 6.92 Å². The molecule has 0 aliphatic rings. The second-order valence-corrected chi connectivity index (χ2v) is 2.45. The highest BCUT2D eigenvalue weighted by Crippen LogP contribution is 2.08. The number of halogens is 1. The van der Waals surface area contributed by atoms with E-state index in [1.807, 2.05) is 19.1 Å². The minimum Gasteiger partial charge on any atom is -0.472 e. The van der Waals surface area contributed by atoms with Crippen molar-refractivity contribution in [2.45, 2.75) is 6.92 Å². The highest BCUT2D eigenvalue weighted by molar-refractivity contribution is 6.29. The highest BCUT2D eigenvalue weighted by Gasteiger charge is 1.94. The Hall–Kier alpha value is -1.09. The molecule has 12 heavy (non-hydrogen) atoms. The van der Waals surface area contributed by atoms with Gasteiger partial charge in [-0.25, -0.2) is 0 Å². The summed E-state index contributed by atoms with van der Waals surface area (Å²) in [4.78, 5) is 7.71. The molecule has 0 amide bonds. The zero-order chi connectivity index (χ0) is 8.81. The van der Waals surface area contributed by atoms with Gasteiger partial charge in [-0.2, -0.15) is 4.98 Å². The summed E-state index contributed by atoms with van der Waals surface area (Å²) in [5.74, 6) is 0.445. The van der Waals surface area contributed by atoms with E-state index in [1.165, 1.54) is 12.4 Å². The lowest BCUT2D eigenvalue weighted by Crippen LogP contribution is -1.96. The summed E-state index contributed by atoms with van der Waals surface area (Å²) in [5, 5.41) is 0.341. The van der Waals surface area contributed by atoms with E-state index < -0.39 is 0 Å². The van der Waals surface area contributed by atoms with Crippen LogP contribution in [0.5, 0.6) is 5.88 Å². The zero-order valence-corrected chi connectivity index (χ0v) is 7.45. The van der Waals surface area contributed by atoms with Gasteiger partial charge in [0.25, 0.3) is 0 Å². The van der Waals surface area contributed by atoms with Gasteiger partial charge in [-0.3, -0.25) is 4.98 Å². The molecule has 1 aromatic rings. The number of ether oxygens (including phenoxy) is 1. The number of allylic oxidation sites excluding steroid dienone is 1. The van der Waals surface area contributed by atoms with Crippen molar-refractivity contribution in [3.8, 4) is 5.88 Å². The summed E-state index contributed by atoms with van der Waals surface area (Å²) in [6.07, 6.45) is 6.76. The van der Waals surface area contributed by atoms with Gasteiger partial charge < -0.3 is 4.74 Å². The van der Waals surface area contributed by atoms with Crippen LogP contribution in [-0.4, -0.2) is 16.6 Å². The number of hydrogen-bond donors (Lipinski definition) is 0. The van der Waals surface area contributed by atoms with Gasteiger partial charge in [0.2, 0.25) is 5.88 Å². The summed E-state index contributed by atoms with van der Waals surface area (Å²) >= 11 is 5.59. The van der Waals surface area contributed by atoms with E-state index in [1.54, 1.807) is 0 Å². The largest absolute Gasteiger partial charge is 0.472 e. The van der Waals surface area contributed by atoms with E-state index in [2.05, 4.69) is 9.97 Å². The Morgan fingerprint density at radius 2 is 2.42 bits per heavy atom. The zero-order valence-electron chi connectivity index (χ0n) is 6.70. The first kappa shape index (κ1) is 9.00. The molecular formula is C8H9ClN2O. The molecule has 0 aliphatic heterocycles. The first-order valence-electron chi connectivity index (χ1n) is 3.54. The first-order chi connectivity index (χ1) is 5.83. The van der Waals surface area contributed by atoms with Crippen LogP contribution in [0.15, 0.2) is 24.5 Å². The second-order valence-electron chi connectivity index (χ2n) is 2.06. The quantitative estimate of drug-likeness (QED) is 0.675. The predicted octanol–water partition coefficient (Wildman–Crippen LogP) is 2.08. The molecule has 0 unspecified atom stereocenters. The summed E-state index contributed by atoms with van der Waals surface area (Å²) in [7, 11) is 0. The smallest absolute Gasteiger partial charge is 0.234 e. The molecule has 1 heterocycles. The van der Waals surface area contributed by atoms with Crippen molar-refractivity contribution in [2.75, 3.05) is 6.61 Å². The lowest BCUT2D eigenvalue weighted by Gasteiger charge is -1.99. The Kier molecular flexibility index (Phi) is 3.54. The van der Waals surface area contributed by atoms with Gasteiger partial charge in [0.1, 0.15) is 6.61 Å². The molecule has 1 rings (SSSR count). The van der Waals surface area contributed by atoms with Crippen molar-refractivity contribution in [1.29, 1.82) is 0 Å². The maximum Gasteiger partial charge on any atom is 0.234 e. The van der Waals surface area contributed by atoms with Crippen molar-refractivity contribution >= 4 is 11.6 Å². The SMILES string of the molecule is CC=CCOc1cncc(Cl)n1. The fourth-order valence-electron chi connectivity index (χ4n) is 0.625. The summed E-state index contributed by atoms with van der Waals surface area (Å²) in [6.45, 7) is 2.42. The molecule has 0 spiro atoms. The third-order valence-electron chi connectivity index (χ3n) is 1.15. The molecule has 0 radical (unpaired) electrons. The van der Waals surface area contributed by atoms with Gasteiger partial charge in [-0.15, -0.1) is 0 Å².